The van der Waals surface area contributed by atoms with Gasteiger partial charge < -0.3 is 14.6 Å². The Balaban J connectivity index is 1.74. The Bertz CT molecular complexity index is 502. The van der Waals surface area contributed by atoms with Crippen molar-refractivity contribution in [1.29, 1.82) is 0 Å². The van der Waals surface area contributed by atoms with Crippen LogP contribution in [0.15, 0.2) is 18.2 Å². The largest absolute Gasteiger partial charge is 0.481 e. The lowest BCUT2D eigenvalue weighted by atomic mass is 10.1. The second kappa shape index (κ2) is 4.74. The number of rotatable bonds is 3. The van der Waals surface area contributed by atoms with Crippen LogP contribution in [0.4, 0.5) is 0 Å². The molecule has 0 amide bonds. The Morgan fingerprint density at radius 3 is 2.95 bits per heavy atom. The van der Waals surface area contributed by atoms with Gasteiger partial charge in [-0.05, 0) is 37.6 Å². The second-order valence-corrected chi connectivity index (χ2v) is 5.11. The molecule has 5 heteroatoms. The van der Waals surface area contributed by atoms with E-state index >= 15 is 0 Å². The van der Waals surface area contributed by atoms with Crippen LogP contribution in [-0.2, 0) is 4.79 Å². The summed E-state index contributed by atoms with van der Waals surface area (Å²) in [5.41, 5.74) is 1.13. The first-order valence-electron chi connectivity index (χ1n) is 6.51. The molecule has 3 rings (SSSR count). The minimum absolute atomic E-state index is 0.193. The molecular weight excluding hydrogens is 246 g/mol. The molecule has 2 heterocycles. The van der Waals surface area contributed by atoms with E-state index in [2.05, 4.69) is 11.8 Å². The Hall–Kier alpha value is -1.75. The fourth-order valence-corrected chi connectivity index (χ4v) is 2.72. The molecule has 1 aromatic carbocycles. The van der Waals surface area contributed by atoms with Crippen molar-refractivity contribution >= 4 is 5.97 Å². The summed E-state index contributed by atoms with van der Waals surface area (Å²) in [5, 5.41) is 9.05. The highest BCUT2D eigenvalue weighted by Crippen LogP contribution is 2.36. The van der Waals surface area contributed by atoms with Gasteiger partial charge in [0.1, 0.15) is 0 Å². The molecular formula is C14H17NO4. The van der Waals surface area contributed by atoms with Crippen molar-refractivity contribution in [2.45, 2.75) is 19.4 Å². The van der Waals surface area contributed by atoms with Crippen molar-refractivity contribution in [1.82, 2.24) is 4.90 Å². The van der Waals surface area contributed by atoms with E-state index in [-0.39, 0.29) is 18.8 Å². The maximum Gasteiger partial charge on any atom is 0.307 e. The van der Waals surface area contributed by atoms with Gasteiger partial charge in [0.2, 0.25) is 6.79 Å². The van der Waals surface area contributed by atoms with E-state index in [0.29, 0.717) is 6.54 Å². The third-order valence-electron chi connectivity index (χ3n) is 4.00. The molecule has 5 nitrogen and oxygen atoms in total. The fourth-order valence-electron chi connectivity index (χ4n) is 2.72. The number of carboxylic acid groups (broad SMARTS) is 1. The number of hydrogen-bond donors (Lipinski definition) is 1. The van der Waals surface area contributed by atoms with Crippen molar-refractivity contribution in [2.24, 2.45) is 5.92 Å². The van der Waals surface area contributed by atoms with Crippen LogP contribution in [0.1, 0.15) is 24.9 Å². The van der Waals surface area contributed by atoms with Gasteiger partial charge in [-0.2, -0.15) is 0 Å². The molecule has 1 saturated heterocycles. The van der Waals surface area contributed by atoms with Crippen molar-refractivity contribution in [2.75, 3.05) is 19.9 Å². The molecule has 0 spiro atoms. The van der Waals surface area contributed by atoms with Crippen LogP contribution in [0.5, 0.6) is 11.5 Å². The fraction of sp³-hybridized carbons (Fsp3) is 0.500. The number of ether oxygens (including phenoxy) is 2. The predicted octanol–water partition coefficient (Wildman–Crippen LogP) is 1.88. The lowest BCUT2D eigenvalue weighted by Gasteiger charge is -2.24. The normalized spacial score (nSPS) is 23.5. The Labute approximate surface area is 111 Å². The van der Waals surface area contributed by atoms with Gasteiger partial charge in [0.25, 0.3) is 0 Å². The first-order valence-corrected chi connectivity index (χ1v) is 6.51. The van der Waals surface area contributed by atoms with Crippen LogP contribution in [-0.4, -0.2) is 35.9 Å². The zero-order valence-electron chi connectivity index (χ0n) is 10.8. The van der Waals surface area contributed by atoms with Crippen LogP contribution >= 0.6 is 0 Å². The van der Waals surface area contributed by atoms with Crippen LogP contribution in [0.3, 0.4) is 0 Å². The average Bonchev–Trinajstić information content (AvgIpc) is 3.06. The van der Waals surface area contributed by atoms with Crippen molar-refractivity contribution in [3.63, 3.8) is 0 Å². The maximum absolute atomic E-state index is 11.0. The monoisotopic (exact) mass is 263 g/mol. The standard InChI is InChI=1S/C14H17NO4/c1-9(15-5-4-11(7-15)14(16)17)10-2-3-12-13(6-10)19-8-18-12/h2-3,6,9,11H,4-5,7-8H2,1H3,(H,16,17). The summed E-state index contributed by atoms with van der Waals surface area (Å²) in [6.45, 7) is 3.82. The molecule has 0 bridgehead atoms. The molecule has 1 N–H and O–H groups in total. The quantitative estimate of drug-likeness (QED) is 0.902. The Morgan fingerprint density at radius 2 is 2.21 bits per heavy atom. The van der Waals surface area contributed by atoms with Crippen molar-refractivity contribution in [3.8, 4) is 11.5 Å². The number of fused-ring (bicyclic) bond motifs is 1. The van der Waals surface area contributed by atoms with E-state index in [1.54, 1.807) is 0 Å². The second-order valence-electron chi connectivity index (χ2n) is 5.11. The van der Waals surface area contributed by atoms with Crippen molar-refractivity contribution in [3.05, 3.63) is 23.8 Å². The molecule has 102 valence electrons. The summed E-state index contributed by atoms with van der Waals surface area (Å²) >= 11 is 0. The number of nitrogens with zero attached hydrogens (tertiary/aromatic N) is 1. The Morgan fingerprint density at radius 1 is 1.42 bits per heavy atom. The third kappa shape index (κ3) is 2.26. The number of benzene rings is 1. The summed E-state index contributed by atoms with van der Waals surface area (Å²) in [4.78, 5) is 13.2. The SMILES string of the molecule is CC(c1ccc2c(c1)OCO2)N1CCC(C(=O)O)C1. The van der Waals surface area contributed by atoms with Gasteiger partial charge in [0.05, 0.1) is 5.92 Å². The van der Waals surface area contributed by atoms with Gasteiger partial charge >= 0.3 is 5.97 Å². The highest BCUT2D eigenvalue weighted by molar-refractivity contribution is 5.70. The zero-order valence-corrected chi connectivity index (χ0v) is 10.8. The summed E-state index contributed by atoms with van der Waals surface area (Å²) < 4.78 is 10.7. The van der Waals surface area contributed by atoms with E-state index in [1.807, 2.05) is 18.2 Å². The third-order valence-corrected chi connectivity index (χ3v) is 4.00. The van der Waals surface area contributed by atoms with Crippen LogP contribution < -0.4 is 9.47 Å². The zero-order chi connectivity index (χ0) is 13.4. The van der Waals surface area contributed by atoms with E-state index in [0.717, 1.165) is 30.0 Å². The summed E-state index contributed by atoms with van der Waals surface area (Å²) in [6.07, 6.45) is 0.726. The lowest BCUT2D eigenvalue weighted by molar-refractivity contribution is -0.141. The van der Waals surface area contributed by atoms with Gasteiger partial charge in [-0.3, -0.25) is 9.69 Å². The maximum atomic E-state index is 11.0. The summed E-state index contributed by atoms with van der Waals surface area (Å²) in [6, 6.07) is 6.12. The Kier molecular flexibility index (Phi) is 3.06. The minimum atomic E-state index is -0.694. The summed E-state index contributed by atoms with van der Waals surface area (Å²) in [7, 11) is 0. The van der Waals surface area contributed by atoms with E-state index in [1.165, 1.54) is 0 Å². The minimum Gasteiger partial charge on any atom is -0.481 e. The topological polar surface area (TPSA) is 59.0 Å². The number of carbonyl (C=O) groups is 1. The number of hydrogen-bond acceptors (Lipinski definition) is 4. The first kappa shape index (κ1) is 12.3. The molecule has 1 fully saturated rings. The molecule has 19 heavy (non-hydrogen) atoms. The first-order chi connectivity index (χ1) is 9.15. The highest BCUT2D eigenvalue weighted by Gasteiger charge is 2.31. The molecule has 1 aromatic rings. The summed E-state index contributed by atoms with van der Waals surface area (Å²) in [5.74, 6) is 0.621. The molecule has 2 atom stereocenters. The van der Waals surface area contributed by atoms with Gasteiger partial charge in [-0.1, -0.05) is 6.07 Å². The predicted molar refractivity (Wildman–Crippen MR) is 68.3 cm³/mol. The molecule has 0 aliphatic carbocycles. The molecule has 0 radical (unpaired) electrons. The van der Waals surface area contributed by atoms with Crippen LogP contribution in [0, 0.1) is 5.92 Å². The lowest BCUT2D eigenvalue weighted by Crippen LogP contribution is -2.26. The van der Waals surface area contributed by atoms with Gasteiger partial charge in [0.15, 0.2) is 11.5 Å². The molecule has 2 unspecified atom stereocenters. The van der Waals surface area contributed by atoms with Gasteiger partial charge in [0, 0.05) is 12.6 Å². The van der Waals surface area contributed by atoms with Crippen LogP contribution in [0.2, 0.25) is 0 Å². The average molecular weight is 263 g/mol. The van der Waals surface area contributed by atoms with E-state index < -0.39 is 5.97 Å². The van der Waals surface area contributed by atoms with E-state index in [4.69, 9.17) is 14.6 Å². The molecule has 2 aliphatic rings. The van der Waals surface area contributed by atoms with E-state index in [9.17, 15) is 4.79 Å². The number of carboxylic acids is 1. The smallest absolute Gasteiger partial charge is 0.307 e. The van der Waals surface area contributed by atoms with Crippen LogP contribution in [0.25, 0.3) is 0 Å². The number of aliphatic carboxylic acids is 1. The van der Waals surface area contributed by atoms with Gasteiger partial charge in [-0.25, -0.2) is 0 Å². The number of likely N-dealkylation sites (tertiary alicyclic amines) is 1. The van der Waals surface area contributed by atoms with Crippen molar-refractivity contribution < 1.29 is 19.4 Å². The highest BCUT2D eigenvalue weighted by atomic mass is 16.7. The molecule has 0 aromatic heterocycles. The van der Waals surface area contributed by atoms with Gasteiger partial charge in [-0.15, -0.1) is 0 Å². The molecule has 2 aliphatic heterocycles. The molecule has 0 saturated carbocycles.